The largest absolute Gasteiger partial charge is 0.478 e. The number of rotatable bonds is 3. The van der Waals surface area contributed by atoms with Gasteiger partial charge in [0, 0.05) is 37.3 Å². The number of hydrogen-bond acceptors (Lipinski definition) is 3. The fourth-order valence-corrected chi connectivity index (χ4v) is 3.36. The molecular weight excluding hydrogens is 271 g/mol. The van der Waals surface area contributed by atoms with Crippen molar-refractivity contribution in [1.29, 1.82) is 0 Å². The Bertz CT molecular complexity index is 573. The topological polar surface area (TPSA) is 43.8 Å². The van der Waals surface area contributed by atoms with Gasteiger partial charge in [0.05, 0.1) is 5.69 Å². The van der Waals surface area contributed by atoms with Crippen LogP contribution < -0.4 is 4.90 Å². The van der Waals surface area contributed by atoms with Crippen molar-refractivity contribution in [3.8, 4) is 0 Å². The minimum atomic E-state index is -1.02. The summed E-state index contributed by atoms with van der Waals surface area (Å²) < 4.78 is 14.3. The van der Waals surface area contributed by atoms with E-state index in [0.717, 1.165) is 38.7 Å². The highest BCUT2D eigenvalue weighted by Gasteiger charge is 2.31. The van der Waals surface area contributed by atoms with Gasteiger partial charge < -0.3 is 10.0 Å². The smallest absolute Gasteiger partial charge is 0.328 e. The predicted molar refractivity (Wildman–Crippen MR) is 79.9 cm³/mol. The van der Waals surface area contributed by atoms with Gasteiger partial charge in [-0.15, -0.1) is 0 Å². The van der Waals surface area contributed by atoms with Crippen molar-refractivity contribution in [3.63, 3.8) is 0 Å². The maximum absolute atomic E-state index is 14.3. The molecule has 4 nitrogen and oxygen atoms in total. The van der Waals surface area contributed by atoms with Gasteiger partial charge in [0.2, 0.25) is 0 Å². The Morgan fingerprint density at radius 3 is 3.00 bits per heavy atom. The van der Waals surface area contributed by atoms with Crippen molar-refractivity contribution in [3.05, 3.63) is 35.7 Å². The summed E-state index contributed by atoms with van der Waals surface area (Å²) in [6, 6.07) is 5.31. The Kier molecular flexibility index (Phi) is 3.92. The average Bonchev–Trinajstić information content (AvgIpc) is 2.92. The number of piperazine rings is 1. The fraction of sp³-hybridized carbons (Fsp3) is 0.438. The van der Waals surface area contributed by atoms with Crippen LogP contribution in [-0.2, 0) is 4.79 Å². The number of carboxylic acid groups (broad SMARTS) is 1. The Morgan fingerprint density at radius 2 is 2.19 bits per heavy atom. The summed E-state index contributed by atoms with van der Waals surface area (Å²) in [7, 11) is 0. The van der Waals surface area contributed by atoms with Crippen LogP contribution >= 0.6 is 0 Å². The Labute approximate surface area is 123 Å². The summed E-state index contributed by atoms with van der Waals surface area (Å²) in [5.74, 6) is -1.31. The number of benzene rings is 1. The zero-order valence-corrected chi connectivity index (χ0v) is 11.8. The zero-order chi connectivity index (χ0) is 14.8. The molecule has 0 aromatic heterocycles. The Hall–Kier alpha value is -1.88. The molecule has 2 heterocycles. The summed E-state index contributed by atoms with van der Waals surface area (Å²) in [4.78, 5) is 15.2. The molecule has 0 amide bonds. The van der Waals surface area contributed by atoms with E-state index in [1.54, 1.807) is 12.1 Å². The van der Waals surface area contributed by atoms with Crippen molar-refractivity contribution < 1.29 is 14.3 Å². The van der Waals surface area contributed by atoms with E-state index in [9.17, 15) is 9.18 Å². The zero-order valence-electron chi connectivity index (χ0n) is 11.8. The Balaban J connectivity index is 1.88. The first kappa shape index (κ1) is 14.1. The van der Waals surface area contributed by atoms with E-state index < -0.39 is 5.97 Å². The fourth-order valence-electron chi connectivity index (χ4n) is 3.36. The van der Waals surface area contributed by atoms with Crippen molar-refractivity contribution in [2.75, 3.05) is 31.1 Å². The van der Waals surface area contributed by atoms with Gasteiger partial charge in [-0.05, 0) is 31.5 Å². The number of nitrogens with zero attached hydrogens (tertiary/aromatic N) is 2. The number of halogens is 1. The molecule has 1 atom stereocenters. The van der Waals surface area contributed by atoms with Crippen molar-refractivity contribution >= 4 is 17.7 Å². The molecule has 1 N–H and O–H groups in total. The molecule has 1 unspecified atom stereocenters. The molecule has 3 rings (SSSR count). The SMILES string of the molecule is O=C(O)/C=C/c1cccc(F)c1N1CCN2CCCC2C1. The van der Waals surface area contributed by atoms with Crippen LogP contribution in [0.5, 0.6) is 0 Å². The van der Waals surface area contributed by atoms with Crippen molar-refractivity contribution in [2.24, 2.45) is 0 Å². The third-order valence-corrected chi connectivity index (χ3v) is 4.33. The lowest BCUT2D eigenvalue weighted by Gasteiger charge is -2.39. The van der Waals surface area contributed by atoms with Crippen LogP contribution in [0.25, 0.3) is 6.08 Å². The molecule has 0 aliphatic carbocycles. The number of carboxylic acids is 1. The maximum atomic E-state index is 14.3. The predicted octanol–water partition coefficient (Wildman–Crippen LogP) is 2.21. The molecule has 0 bridgehead atoms. The highest BCUT2D eigenvalue weighted by atomic mass is 19.1. The lowest BCUT2D eigenvalue weighted by Crippen LogP contribution is -2.50. The van der Waals surface area contributed by atoms with Crippen molar-refractivity contribution in [2.45, 2.75) is 18.9 Å². The van der Waals surface area contributed by atoms with E-state index >= 15 is 0 Å². The van der Waals surface area contributed by atoms with Gasteiger partial charge >= 0.3 is 5.97 Å². The van der Waals surface area contributed by atoms with Gasteiger partial charge in [0.25, 0.3) is 0 Å². The van der Waals surface area contributed by atoms with E-state index in [4.69, 9.17) is 5.11 Å². The molecule has 1 aromatic rings. The van der Waals surface area contributed by atoms with Crippen LogP contribution in [0.3, 0.4) is 0 Å². The highest BCUT2D eigenvalue weighted by molar-refractivity contribution is 5.87. The van der Waals surface area contributed by atoms with Crippen LogP contribution in [0.15, 0.2) is 24.3 Å². The van der Waals surface area contributed by atoms with Gasteiger partial charge in [-0.25, -0.2) is 9.18 Å². The molecule has 0 spiro atoms. The van der Waals surface area contributed by atoms with Crippen LogP contribution in [0.4, 0.5) is 10.1 Å². The third kappa shape index (κ3) is 2.93. The van der Waals surface area contributed by atoms with E-state index in [1.807, 2.05) is 0 Å². The lowest BCUT2D eigenvalue weighted by molar-refractivity contribution is -0.131. The summed E-state index contributed by atoms with van der Waals surface area (Å²) in [6.07, 6.45) is 4.90. The van der Waals surface area contributed by atoms with Gasteiger partial charge in [-0.3, -0.25) is 4.90 Å². The molecule has 2 saturated heterocycles. The third-order valence-electron chi connectivity index (χ3n) is 4.33. The molecule has 2 aliphatic heterocycles. The molecule has 2 aliphatic rings. The molecule has 0 saturated carbocycles. The minimum Gasteiger partial charge on any atom is -0.478 e. The summed E-state index contributed by atoms with van der Waals surface area (Å²) in [5, 5.41) is 8.77. The van der Waals surface area contributed by atoms with Crippen LogP contribution in [0.1, 0.15) is 18.4 Å². The second-order valence-corrected chi connectivity index (χ2v) is 5.63. The lowest BCUT2D eigenvalue weighted by atomic mass is 10.1. The first-order valence-electron chi connectivity index (χ1n) is 7.33. The van der Waals surface area contributed by atoms with Crippen molar-refractivity contribution in [1.82, 2.24) is 4.90 Å². The summed E-state index contributed by atoms with van der Waals surface area (Å²) in [5.41, 5.74) is 1.16. The maximum Gasteiger partial charge on any atom is 0.328 e. The number of carbonyl (C=O) groups is 1. The van der Waals surface area contributed by atoms with Crippen LogP contribution in [0, 0.1) is 5.82 Å². The second kappa shape index (κ2) is 5.85. The van der Waals surface area contributed by atoms with Gasteiger partial charge in [-0.1, -0.05) is 12.1 Å². The van der Waals surface area contributed by atoms with Gasteiger partial charge in [0.15, 0.2) is 0 Å². The molecule has 1 aromatic carbocycles. The molecule has 112 valence electrons. The van der Waals surface area contributed by atoms with E-state index in [2.05, 4.69) is 9.80 Å². The Morgan fingerprint density at radius 1 is 1.33 bits per heavy atom. The molecule has 5 heteroatoms. The first-order valence-corrected chi connectivity index (χ1v) is 7.33. The van der Waals surface area contributed by atoms with Crippen LogP contribution in [-0.4, -0.2) is 48.2 Å². The minimum absolute atomic E-state index is 0.283. The number of aliphatic carboxylic acids is 1. The normalized spacial score (nSPS) is 22.7. The molecular formula is C16H19FN2O2. The second-order valence-electron chi connectivity index (χ2n) is 5.63. The van der Waals surface area contributed by atoms with E-state index in [1.165, 1.54) is 18.6 Å². The van der Waals surface area contributed by atoms with E-state index in [0.29, 0.717) is 17.3 Å². The molecule has 0 radical (unpaired) electrons. The highest BCUT2D eigenvalue weighted by Crippen LogP contribution is 2.30. The number of anilines is 1. The quantitative estimate of drug-likeness (QED) is 0.867. The average molecular weight is 290 g/mol. The summed E-state index contributed by atoms with van der Waals surface area (Å²) in [6.45, 7) is 3.68. The molecule has 2 fully saturated rings. The van der Waals surface area contributed by atoms with Gasteiger partial charge in [0.1, 0.15) is 5.82 Å². The standard InChI is InChI=1S/C16H19FN2O2/c17-14-5-1-3-12(6-7-15(20)21)16(14)19-10-9-18-8-2-4-13(18)11-19/h1,3,5-7,13H,2,4,8-11H2,(H,20,21)/b7-6+. The molecule has 21 heavy (non-hydrogen) atoms. The number of fused-ring (bicyclic) bond motifs is 1. The number of para-hydroxylation sites is 1. The first-order chi connectivity index (χ1) is 10.1. The number of hydrogen-bond donors (Lipinski definition) is 1. The van der Waals surface area contributed by atoms with Gasteiger partial charge in [-0.2, -0.15) is 0 Å². The monoisotopic (exact) mass is 290 g/mol. The van der Waals surface area contributed by atoms with E-state index in [-0.39, 0.29) is 5.82 Å². The van der Waals surface area contributed by atoms with Crippen LogP contribution in [0.2, 0.25) is 0 Å². The summed E-state index contributed by atoms with van der Waals surface area (Å²) >= 11 is 0.